The number of hydrogen-bond donors (Lipinski definition) is 1. The summed E-state index contributed by atoms with van der Waals surface area (Å²) in [7, 11) is -3.08. The van der Waals surface area contributed by atoms with Crippen molar-refractivity contribution < 1.29 is 42.4 Å². The Balaban J connectivity index is 1.36. The Labute approximate surface area is 339 Å². The molecule has 0 aliphatic carbocycles. The van der Waals surface area contributed by atoms with E-state index in [1.54, 1.807) is 7.11 Å². The van der Waals surface area contributed by atoms with E-state index in [9.17, 15) is 9.90 Å². The number of carbonyl (C=O) groups is 1. The number of hydrogen-bond acceptors (Lipinski definition) is 8. The second-order valence-electron chi connectivity index (χ2n) is 18.2. The molecule has 3 aliphatic heterocycles. The zero-order chi connectivity index (χ0) is 40.8. The van der Waals surface area contributed by atoms with Gasteiger partial charge in [0.2, 0.25) is 0 Å². The van der Waals surface area contributed by atoms with E-state index in [0.717, 1.165) is 37.4 Å². The van der Waals surface area contributed by atoms with Crippen molar-refractivity contribution in [2.45, 2.75) is 178 Å². The Morgan fingerprint density at radius 3 is 2.07 bits per heavy atom. The molecule has 0 saturated carbocycles. The van der Waals surface area contributed by atoms with Crippen molar-refractivity contribution in [3.63, 3.8) is 0 Å². The second-order valence-corrected chi connectivity index (χ2v) is 27.2. The lowest BCUT2D eigenvalue weighted by Crippen LogP contribution is -2.66. The van der Waals surface area contributed by atoms with Gasteiger partial charge in [-0.25, -0.2) is 0 Å². The third kappa shape index (κ3) is 9.74. The monoisotopic (exact) mass is 812 g/mol. The Kier molecular flexibility index (Phi) is 15.3. The van der Waals surface area contributed by atoms with Crippen LogP contribution in [0.4, 0.5) is 0 Å². The SMILES string of the molecule is CC[Si](CC)(CC)O[C@H]1C[C@H]2O[C@H]3C[C@H](C)[C@H](CCCO[Si](c4ccccc4)(c4ccccc4)C(C)(C)C)O[C@]3(C)C[C@H](OCOC)[C@@H]2O[C@]1(C)CCC(=O)O. The van der Waals surface area contributed by atoms with E-state index in [4.69, 9.17) is 32.5 Å². The zero-order valence-electron chi connectivity index (χ0n) is 36.0. The standard InChI is InChI=1S/C45H72O9Si2/c1-11-55(12-2,13-3)54-40-30-37-42(53-44(40,8)27-26-41(46)47)38(49-32-48-10)31-45(9)39(51-37)29-33(4)36(52-45)25-20-28-50-56(43(5,6)7,34-21-16-14-17-22-34)35-23-18-15-19-24-35/h14-19,21-24,33,36-40,42H,11-13,20,25-32H2,1-10H3,(H,46,47)/t33-,36-,37+,38-,39-,40-,42+,44+,45+/m0/s1. The van der Waals surface area contributed by atoms with Crippen LogP contribution in [-0.4, -0.2) is 96.0 Å². The normalized spacial score (nSPS) is 31.3. The number of fused-ring (bicyclic) bond motifs is 2. The van der Waals surface area contributed by atoms with Gasteiger partial charge in [0.15, 0.2) is 8.32 Å². The zero-order valence-corrected chi connectivity index (χ0v) is 38.0. The molecule has 11 heteroatoms. The van der Waals surface area contributed by atoms with Crippen LogP contribution in [0.2, 0.25) is 23.2 Å². The number of methoxy groups -OCH3 is 1. The van der Waals surface area contributed by atoms with Gasteiger partial charge in [-0.15, -0.1) is 0 Å². The third-order valence-corrected chi connectivity index (χ3v) is 23.2. The number of ether oxygens (including phenoxy) is 5. The van der Waals surface area contributed by atoms with E-state index in [2.05, 4.69) is 116 Å². The molecule has 2 aromatic rings. The fourth-order valence-electron chi connectivity index (χ4n) is 9.86. The summed E-state index contributed by atoms with van der Waals surface area (Å²) in [5.74, 6) is -0.567. The van der Waals surface area contributed by atoms with Crippen molar-refractivity contribution in [2.75, 3.05) is 20.5 Å². The van der Waals surface area contributed by atoms with E-state index in [0.29, 0.717) is 25.9 Å². The number of benzene rings is 2. The molecule has 5 rings (SSSR count). The maximum atomic E-state index is 11.9. The smallest absolute Gasteiger partial charge is 0.303 e. The molecule has 3 saturated heterocycles. The van der Waals surface area contributed by atoms with Crippen molar-refractivity contribution in [3.05, 3.63) is 60.7 Å². The first-order valence-electron chi connectivity index (χ1n) is 21.4. The molecule has 0 unspecified atom stereocenters. The molecule has 1 N–H and O–H groups in total. The number of carboxylic acids is 1. The molecule has 3 heterocycles. The van der Waals surface area contributed by atoms with Gasteiger partial charge in [-0.1, -0.05) is 109 Å². The minimum Gasteiger partial charge on any atom is -0.481 e. The number of aliphatic carboxylic acids is 1. The van der Waals surface area contributed by atoms with Crippen molar-refractivity contribution in [1.82, 2.24) is 0 Å². The molecule has 56 heavy (non-hydrogen) atoms. The van der Waals surface area contributed by atoms with Crippen LogP contribution in [0.5, 0.6) is 0 Å². The Hall–Kier alpha value is -1.94. The minimum absolute atomic E-state index is 0.000448. The first kappa shape index (κ1) is 45.2. The Morgan fingerprint density at radius 2 is 1.54 bits per heavy atom. The fraction of sp³-hybridized carbons (Fsp3) is 0.711. The average Bonchev–Trinajstić information content (AvgIpc) is 3.28. The van der Waals surface area contributed by atoms with Gasteiger partial charge in [-0.05, 0) is 79.0 Å². The third-order valence-electron chi connectivity index (χ3n) is 13.5. The van der Waals surface area contributed by atoms with Crippen molar-refractivity contribution in [2.24, 2.45) is 5.92 Å². The molecule has 3 fully saturated rings. The number of carboxylic acid groups (broad SMARTS) is 1. The van der Waals surface area contributed by atoms with Crippen LogP contribution < -0.4 is 10.4 Å². The summed E-state index contributed by atoms with van der Waals surface area (Å²) >= 11 is 0. The van der Waals surface area contributed by atoms with Crippen molar-refractivity contribution in [1.29, 1.82) is 0 Å². The Morgan fingerprint density at radius 1 is 0.929 bits per heavy atom. The van der Waals surface area contributed by atoms with Crippen LogP contribution in [0.3, 0.4) is 0 Å². The molecular weight excluding hydrogens is 741 g/mol. The quantitative estimate of drug-likeness (QED) is 0.0903. The highest BCUT2D eigenvalue weighted by atomic mass is 28.4. The molecule has 0 amide bonds. The van der Waals surface area contributed by atoms with Crippen LogP contribution in [0.1, 0.15) is 107 Å². The molecule has 2 aromatic carbocycles. The average molecular weight is 813 g/mol. The molecule has 0 aromatic heterocycles. The summed E-state index contributed by atoms with van der Waals surface area (Å²) < 4.78 is 47.8. The van der Waals surface area contributed by atoms with Gasteiger partial charge in [-0.3, -0.25) is 4.79 Å². The van der Waals surface area contributed by atoms with Gasteiger partial charge >= 0.3 is 5.97 Å². The lowest BCUT2D eigenvalue weighted by Gasteiger charge is -2.51. The summed E-state index contributed by atoms with van der Waals surface area (Å²) in [6.45, 7) is 20.9. The van der Waals surface area contributed by atoms with Gasteiger partial charge in [-0.2, -0.15) is 0 Å². The highest BCUT2D eigenvalue weighted by Crippen LogP contribution is 2.48. The molecule has 314 valence electrons. The fourth-order valence-corrected chi connectivity index (χ4v) is 17.4. The van der Waals surface area contributed by atoms with Crippen LogP contribution in [0.25, 0.3) is 0 Å². The van der Waals surface area contributed by atoms with E-state index in [1.165, 1.54) is 10.4 Å². The van der Waals surface area contributed by atoms with E-state index in [1.807, 2.05) is 6.92 Å². The predicted octanol–water partition coefficient (Wildman–Crippen LogP) is 8.48. The van der Waals surface area contributed by atoms with Gasteiger partial charge in [0.25, 0.3) is 8.32 Å². The van der Waals surface area contributed by atoms with Crippen LogP contribution in [0, 0.1) is 5.92 Å². The highest BCUT2D eigenvalue weighted by molar-refractivity contribution is 6.99. The topological polar surface area (TPSA) is 102 Å². The summed E-state index contributed by atoms with van der Waals surface area (Å²) in [6, 6.07) is 24.6. The molecule has 9 atom stereocenters. The summed E-state index contributed by atoms with van der Waals surface area (Å²) in [6.07, 6.45) is 2.61. The maximum absolute atomic E-state index is 11.9. The molecule has 9 nitrogen and oxygen atoms in total. The molecule has 0 radical (unpaired) electrons. The molecule has 0 spiro atoms. The van der Waals surface area contributed by atoms with Crippen molar-refractivity contribution >= 4 is 33.0 Å². The van der Waals surface area contributed by atoms with Crippen molar-refractivity contribution in [3.8, 4) is 0 Å². The van der Waals surface area contributed by atoms with E-state index >= 15 is 0 Å². The second kappa shape index (κ2) is 19.0. The highest BCUT2D eigenvalue weighted by Gasteiger charge is 2.58. The number of rotatable bonds is 18. The van der Waals surface area contributed by atoms with E-state index < -0.39 is 39.9 Å². The van der Waals surface area contributed by atoms with Gasteiger partial charge in [0.1, 0.15) is 12.9 Å². The molecular formula is C45H72O9Si2. The summed E-state index contributed by atoms with van der Waals surface area (Å²) in [4.78, 5) is 11.9. The predicted molar refractivity (Wildman–Crippen MR) is 227 cm³/mol. The van der Waals surface area contributed by atoms with Gasteiger partial charge < -0.3 is 37.6 Å². The van der Waals surface area contributed by atoms with Crippen LogP contribution in [0.15, 0.2) is 60.7 Å². The minimum atomic E-state index is -2.64. The first-order valence-corrected chi connectivity index (χ1v) is 25.8. The van der Waals surface area contributed by atoms with E-state index in [-0.39, 0.29) is 54.7 Å². The largest absolute Gasteiger partial charge is 0.481 e. The van der Waals surface area contributed by atoms with Crippen LogP contribution >= 0.6 is 0 Å². The van der Waals surface area contributed by atoms with Crippen LogP contribution in [-0.2, 0) is 37.3 Å². The molecule has 0 bridgehead atoms. The lowest BCUT2D eigenvalue weighted by molar-refractivity contribution is -0.266. The Bertz CT molecular complexity index is 1470. The van der Waals surface area contributed by atoms with Gasteiger partial charge in [0, 0.05) is 33.0 Å². The summed E-state index contributed by atoms with van der Waals surface area (Å²) in [5, 5.41) is 12.3. The maximum Gasteiger partial charge on any atom is 0.303 e. The summed E-state index contributed by atoms with van der Waals surface area (Å²) in [5.41, 5.74) is -1.44. The molecule has 3 aliphatic rings. The lowest BCUT2D eigenvalue weighted by atomic mass is 9.79. The first-order chi connectivity index (χ1) is 26.6. The van der Waals surface area contributed by atoms with Gasteiger partial charge in [0.05, 0.1) is 41.7 Å².